The zero-order valence-corrected chi connectivity index (χ0v) is 21.1. The number of thioether (sulfide) groups is 1. The molecule has 4 rings (SSSR count). The molecule has 8 heteroatoms. The molecule has 0 bridgehead atoms. The molecule has 0 aliphatic rings. The number of rotatable bonds is 8. The second-order valence-electron chi connectivity index (χ2n) is 8.50. The molecule has 0 heterocycles. The molecule has 0 spiro atoms. The minimum atomic E-state index is -0.604. The highest BCUT2D eigenvalue weighted by molar-refractivity contribution is 8.00. The molecule has 2 amide bonds. The van der Waals surface area contributed by atoms with Crippen LogP contribution in [-0.2, 0) is 4.79 Å². The molecule has 0 aliphatic heterocycles. The van der Waals surface area contributed by atoms with Gasteiger partial charge < -0.3 is 10.6 Å². The first-order valence-corrected chi connectivity index (χ1v) is 12.4. The van der Waals surface area contributed by atoms with E-state index in [0.717, 1.165) is 21.6 Å². The van der Waals surface area contributed by atoms with Gasteiger partial charge in [-0.1, -0.05) is 54.1 Å². The molecular formula is C29H25N3O4S. The summed E-state index contributed by atoms with van der Waals surface area (Å²) >= 11 is 1.35. The van der Waals surface area contributed by atoms with E-state index in [9.17, 15) is 19.7 Å². The van der Waals surface area contributed by atoms with Crippen molar-refractivity contribution in [3.05, 3.63) is 129 Å². The lowest BCUT2D eigenvalue weighted by Crippen LogP contribution is -2.19. The van der Waals surface area contributed by atoms with Crippen LogP contribution in [0.25, 0.3) is 0 Å². The van der Waals surface area contributed by atoms with Crippen molar-refractivity contribution in [2.75, 3.05) is 10.6 Å². The van der Waals surface area contributed by atoms with Gasteiger partial charge in [-0.3, -0.25) is 19.7 Å². The minimum absolute atomic E-state index is 0.0897. The molecule has 4 aromatic rings. The molecule has 0 aliphatic carbocycles. The van der Waals surface area contributed by atoms with Gasteiger partial charge in [-0.2, -0.15) is 0 Å². The Bertz CT molecular complexity index is 1440. The van der Waals surface area contributed by atoms with Crippen LogP contribution in [0.5, 0.6) is 0 Å². The normalized spacial score (nSPS) is 11.4. The highest BCUT2D eigenvalue weighted by atomic mass is 32.2. The van der Waals surface area contributed by atoms with Crippen LogP contribution < -0.4 is 10.6 Å². The van der Waals surface area contributed by atoms with Crippen LogP contribution in [0.3, 0.4) is 0 Å². The first-order valence-electron chi connectivity index (χ1n) is 11.6. The van der Waals surface area contributed by atoms with Crippen molar-refractivity contribution in [1.29, 1.82) is 0 Å². The Labute approximate surface area is 219 Å². The van der Waals surface area contributed by atoms with Crippen LogP contribution in [-0.4, -0.2) is 16.7 Å². The van der Waals surface area contributed by atoms with E-state index in [0.29, 0.717) is 16.9 Å². The number of hydrogen-bond acceptors (Lipinski definition) is 5. The summed E-state index contributed by atoms with van der Waals surface area (Å²) in [7, 11) is 0. The number of nitro benzene ring substituents is 1. The van der Waals surface area contributed by atoms with Crippen molar-refractivity contribution in [1.82, 2.24) is 0 Å². The Hall–Kier alpha value is -4.43. The second kappa shape index (κ2) is 11.5. The molecular weight excluding hydrogens is 486 g/mol. The Balaban J connectivity index is 1.52. The fraction of sp³-hybridized carbons (Fsp3) is 0.103. The highest BCUT2D eigenvalue weighted by Crippen LogP contribution is 2.37. The SMILES string of the molecule is Cc1cccc(C(=O)Nc2ccc(SC(C(=O)Nc3cc([N+](=O)[O-])ccc3C)c3ccccc3)cc2)c1. The van der Waals surface area contributed by atoms with E-state index >= 15 is 0 Å². The molecule has 0 aromatic heterocycles. The molecule has 7 nitrogen and oxygen atoms in total. The number of carbonyl (C=O) groups excluding carboxylic acids is 2. The van der Waals surface area contributed by atoms with E-state index in [1.165, 1.54) is 23.9 Å². The third-order valence-corrected chi connectivity index (χ3v) is 6.94. The van der Waals surface area contributed by atoms with Crippen molar-refractivity contribution in [2.45, 2.75) is 24.0 Å². The lowest BCUT2D eigenvalue weighted by Gasteiger charge is -2.18. The van der Waals surface area contributed by atoms with E-state index in [1.807, 2.05) is 67.6 Å². The molecule has 0 radical (unpaired) electrons. The van der Waals surface area contributed by atoms with Gasteiger partial charge in [0.1, 0.15) is 5.25 Å². The molecule has 0 fully saturated rings. The summed E-state index contributed by atoms with van der Waals surface area (Å²) in [6, 6.07) is 28.4. The van der Waals surface area contributed by atoms with Gasteiger partial charge in [0.15, 0.2) is 0 Å². The van der Waals surface area contributed by atoms with Crippen molar-refractivity contribution >= 4 is 40.6 Å². The van der Waals surface area contributed by atoms with Gasteiger partial charge >= 0.3 is 0 Å². The minimum Gasteiger partial charge on any atom is -0.324 e. The molecule has 0 saturated carbocycles. The number of benzene rings is 4. The average Bonchev–Trinajstić information content (AvgIpc) is 2.89. The quantitative estimate of drug-likeness (QED) is 0.152. The Morgan fingerprint density at radius 2 is 1.57 bits per heavy atom. The van der Waals surface area contributed by atoms with Gasteiger partial charge in [0.05, 0.1) is 10.6 Å². The maximum absolute atomic E-state index is 13.4. The van der Waals surface area contributed by atoms with Crippen LogP contribution >= 0.6 is 11.8 Å². The van der Waals surface area contributed by atoms with Gasteiger partial charge in [0, 0.05) is 28.3 Å². The topological polar surface area (TPSA) is 101 Å². The van der Waals surface area contributed by atoms with Gasteiger partial charge in [0.25, 0.3) is 11.6 Å². The number of amides is 2. The number of hydrogen-bond donors (Lipinski definition) is 2. The van der Waals surface area contributed by atoms with Crippen molar-refractivity contribution in [3.8, 4) is 0 Å². The maximum atomic E-state index is 13.4. The standard InChI is InChI=1S/C29H25N3O4S/c1-19-7-6-10-22(17-19)28(33)30-23-12-15-25(16-13-23)37-27(21-8-4-3-5-9-21)29(34)31-26-18-24(32(35)36)14-11-20(26)2/h3-18,27H,1-2H3,(H,30,33)(H,31,34). The molecule has 2 N–H and O–H groups in total. The first-order chi connectivity index (χ1) is 17.8. The van der Waals surface area contributed by atoms with E-state index in [-0.39, 0.29) is 17.5 Å². The highest BCUT2D eigenvalue weighted by Gasteiger charge is 2.23. The first kappa shape index (κ1) is 25.7. The fourth-order valence-electron chi connectivity index (χ4n) is 3.70. The van der Waals surface area contributed by atoms with E-state index in [1.54, 1.807) is 31.2 Å². The molecule has 1 unspecified atom stereocenters. The smallest absolute Gasteiger partial charge is 0.271 e. The third-order valence-electron chi connectivity index (χ3n) is 5.68. The predicted octanol–water partition coefficient (Wildman–Crippen LogP) is 6.94. The Kier molecular flexibility index (Phi) is 8.00. The maximum Gasteiger partial charge on any atom is 0.271 e. The average molecular weight is 512 g/mol. The Morgan fingerprint density at radius 1 is 0.838 bits per heavy atom. The van der Waals surface area contributed by atoms with E-state index < -0.39 is 10.2 Å². The molecule has 0 saturated heterocycles. The molecule has 186 valence electrons. The van der Waals surface area contributed by atoms with Crippen LogP contribution in [0.4, 0.5) is 17.1 Å². The van der Waals surface area contributed by atoms with Crippen LogP contribution in [0.2, 0.25) is 0 Å². The van der Waals surface area contributed by atoms with Crippen molar-refractivity contribution in [3.63, 3.8) is 0 Å². The summed E-state index contributed by atoms with van der Waals surface area (Å²) in [6.07, 6.45) is 0. The zero-order valence-electron chi connectivity index (χ0n) is 20.3. The van der Waals surface area contributed by atoms with Crippen molar-refractivity contribution < 1.29 is 14.5 Å². The number of carbonyl (C=O) groups is 2. The third kappa shape index (κ3) is 6.62. The molecule has 1 atom stereocenters. The Morgan fingerprint density at radius 3 is 2.24 bits per heavy atom. The molecule has 4 aromatic carbocycles. The fourth-order valence-corrected chi connectivity index (χ4v) is 4.72. The number of nitrogens with one attached hydrogen (secondary N) is 2. The van der Waals surface area contributed by atoms with Gasteiger partial charge in [-0.25, -0.2) is 0 Å². The lowest BCUT2D eigenvalue weighted by atomic mass is 10.1. The summed E-state index contributed by atoms with van der Waals surface area (Å²) in [6.45, 7) is 3.72. The van der Waals surface area contributed by atoms with Gasteiger partial charge in [-0.05, 0) is 61.4 Å². The van der Waals surface area contributed by atoms with Gasteiger partial charge in [0.2, 0.25) is 5.91 Å². The number of nitro groups is 1. The van der Waals surface area contributed by atoms with Crippen molar-refractivity contribution in [2.24, 2.45) is 0 Å². The summed E-state index contributed by atoms with van der Waals surface area (Å²) < 4.78 is 0. The predicted molar refractivity (Wildman–Crippen MR) is 147 cm³/mol. The number of nitrogens with zero attached hydrogens (tertiary/aromatic N) is 1. The van der Waals surface area contributed by atoms with Crippen LogP contribution in [0, 0.1) is 24.0 Å². The van der Waals surface area contributed by atoms with Gasteiger partial charge in [-0.15, -0.1) is 11.8 Å². The van der Waals surface area contributed by atoms with E-state index in [2.05, 4.69) is 10.6 Å². The largest absolute Gasteiger partial charge is 0.324 e. The van der Waals surface area contributed by atoms with Crippen LogP contribution in [0.1, 0.15) is 32.3 Å². The summed E-state index contributed by atoms with van der Waals surface area (Å²) in [5, 5.41) is 16.3. The lowest BCUT2D eigenvalue weighted by molar-refractivity contribution is -0.384. The summed E-state index contributed by atoms with van der Waals surface area (Å²) in [5.74, 6) is -0.491. The second-order valence-corrected chi connectivity index (χ2v) is 9.68. The number of anilines is 2. The summed E-state index contributed by atoms with van der Waals surface area (Å²) in [4.78, 5) is 37.5. The zero-order chi connectivity index (χ0) is 26.4. The summed E-state index contributed by atoms with van der Waals surface area (Å²) in [5.41, 5.74) is 4.06. The number of aryl methyl sites for hydroxylation is 2. The molecule has 37 heavy (non-hydrogen) atoms. The monoisotopic (exact) mass is 511 g/mol. The number of non-ortho nitro benzene ring substituents is 1. The van der Waals surface area contributed by atoms with E-state index in [4.69, 9.17) is 0 Å². The van der Waals surface area contributed by atoms with Crippen LogP contribution in [0.15, 0.2) is 102 Å².